The smallest absolute Gasteiger partial charge is 0.224 e. The number of fused-ring (bicyclic) bond motifs is 1. The number of anilines is 1. The predicted molar refractivity (Wildman–Crippen MR) is 118 cm³/mol. The Morgan fingerprint density at radius 3 is 2.79 bits per heavy atom. The third-order valence-electron chi connectivity index (χ3n) is 5.74. The molecule has 4 heterocycles. The van der Waals surface area contributed by atoms with E-state index >= 15 is 0 Å². The quantitative estimate of drug-likeness (QED) is 0.634. The van der Waals surface area contributed by atoms with Crippen molar-refractivity contribution >= 4 is 39.0 Å². The number of likely N-dealkylation sites (tertiary alicyclic amines) is 1. The second-order valence-corrected chi connectivity index (χ2v) is 9.23. The Kier molecular flexibility index (Phi) is 7.55. The van der Waals surface area contributed by atoms with Crippen LogP contribution in [0.4, 0.5) is 5.82 Å². The van der Waals surface area contributed by atoms with Crippen molar-refractivity contribution in [2.45, 2.75) is 19.4 Å². The molecular formula is C20H30ClN5O2S. The highest BCUT2D eigenvalue weighted by Crippen LogP contribution is 2.33. The van der Waals surface area contributed by atoms with Gasteiger partial charge in [0.15, 0.2) is 5.82 Å². The van der Waals surface area contributed by atoms with E-state index in [0.29, 0.717) is 5.28 Å². The van der Waals surface area contributed by atoms with E-state index in [1.54, 1.807) is 18.4 Å². The molecule has 2 saturated heterocycles. The molecule has 0 bridgehead atoms. The molecule has 2 aromatic rings. The number of hydrogen-bond acceptors (Lipinski definition) is 8. The lowest BCUT2D eigenvalue weighted by atomic mass is 9.97. The summed E-state index contributed by atoms with van der Waals surface area (Å²) in [7, 11) is 1.77. The Bertz CT molecular complexity index is 791. The van der Waals surface area contributed by atoms with E-state index in [0.717, 1.165) is 74.5 Å². The second kappa shape index (κ2) is 10.3. The Labute approximate surface area is 181 Å². The number of morpholine rings is 1. The van der Waals surface area contributed by atoms with Crippen molar-refractivity contribution in [1.82, 2.24) is 20.2 Å². The van der Waals surface area contributed by atoms with Crippen LogP contribution in [0.25, 0.3) is 10.2 Å². The van der Waals surface area contributed by atoms with Gasteiger partial charge in [-0.25, -0.2) is 4.98 Å². The minimum atomic E-state index is 0.316. The SMILES string of the molecule is COCCN1CCC(CNCc2cc3nc(Cl)nc(N4CCOCC4)c3s2)CC1. The van der Waals surface area contributed by atoms with E-state index < -0.39 is 0 Å². The second-order valence-electron chi connectivity index (χ2n) is 7.75. The molecule has 0 spiro atoms. The van der Waals surface area contributed by atoms with Crippen LogP contribution in [0, 0.1) is 5.92 Å². The molecule has 4 rings (SSSR count). The monoisotopic (exact) mass is 439 g/mol. The zero-order valence-corrected chi connectivity index (χ0v) is 18.6. The van der Waals surface area contributed by atoms with Gasteiger partial charge in [0, 0.05) is 38.2 Å². The van der Waals surface area contributed by atoms with Crippen LogP contribution in [0.15, 0.2) is 6.07 Å². The van der Waals surface area contributed by atoms with E-state index in [1.807, 2.05) is 0 Å². The van der Waals surface area contributed by atoms with Gasteiger partial charge in [0.1, 0.15) is 0 Å². The Morgan fingerprint density at radius 2 is 2.03 bits per heavy atom. The van der Waals surface area contributed by atoms with Crippen LogP contribution in [-0.4, -0.2) is 81.1 Å². The lowest BCUT2D eigenvalue weighted by Gasteiger charge is -2.31. The first-order valence-corrected chi connectivity index (χ1v) is 11.6. The van der Waals surface area contributed by atoms with Gasteiger partial charge in [-0.15, -0.1) is 11.3 Å². The van der Waals surface area contributed by atoms with Gasteiger partial charge in [0.2, 0.25) is 5.28 Å². The molecule has 1 N–H and O–H groups in total. The molecule has 2 aliphatic rings. The molecule has 2 aromatic heterocycles. The molecule has 0 unspecified atom stereocenters. The predicted octanol–water partition coefficient (Wildman–Crippen LogP) is 2.63. The average molecular weight is 440 g/mol. The Hall–Kier alpha value is -1.03. The van der Waals surface area contributed by atoms with Crippen molar-refractivity contribution in [2.75, 3.05) is 71.1 Å². The van der Waals surface area contributed by atoms with Gasteiger partial charge < -0.3 is 24.6 Å². The highest BCUT2D eigenvalue weighted by molar-refractivity contribution is 7.19. The molecule has 29 heavy (non-hydrogen) atoms. The molecule has 2 aliphatic heterocycles. The first kappa shape index (κ1) is 21.2. The summed E-state index contributed by atoms with van der Waals surface area (Å²) < 4.78 is 11.8. The lowest BCUT2D eigenvalue weighted by molar-refractivity contribution is 0.120. The zero-order valence-electron chi connectivity index (χ0n) is 17.0. The molecule has 0 saturated carbocycles. The topological polar surface area (TPSA) is 62.8 Å². The molecule has 0 aliphatic carbocycles. The van der Waals surface area contributed by atoms with Gasteiger partial charge >= 0.3 is 0 Å². The van der Waals surface area contributed by atoms with Crippen LogP contribution in [0.3, 0.4) is 0 Å². The summed E-state index contributed by atoms with van der Waals surface area (Å²) >= 11 is 7.97. The molecule has 7 nitrogen and oxygen atoms in total. The summed E-state index contributed by atoms with van der Waals surface area (Å²) in [4.78, 5) is 15.0. The normalized spacial score (nSPS) is 19.3. The maximum absolute atomic E-state index is 6.20. The summed E-state index contributed by atoms with van der Waals surface area (Å²) in [5.74, 6) is 1.70. The van der Waals surface area contributed by atoms with Crippen LogP contribution in [0.2, 0.25) is 5.28 Å². The first-order chi connectivity index (χ1) is 14.2. The van der Waals surface area contributed by atoms with Crippen LogP contribution in [0.1, 0.15) is 17.7 Å². The van der Waals surface area contributed by atoms with Crippen molar-refractivity contribution in [3.05, 3.63) is 16.2 Å². The van der Waals surface area contributed by atoms with Gasteiger partial charge in [-0.2, -0.15) is 4.98 Å². The zero-order chi connectivity index (χ0) is 20.1. The Morgan fingerprint density at radius 1 is 1.24 bits per heavy atom. The van der Waals surface area contributed by atoms with E-state index in [-0.39, 0.29) is 0 Å². The van der Waals surface area contributed by atoms with Crippen molar-refractivity contribution in [2.24, 2.45) is 5.92 Å². The highest BCUT2D eigenvalue weighted by Gasteiger charge is 2.20. The number of hydrogen-bond donors (Lipinski definition) is 1. The van der Waals surface area contributed by atoms with Crippen molar-refractivity contribution < 1.29 is 9.47 Å². The van der Waals surface area contributed by atoms with E-state index in [2.05, 4.69) is 31.2 Å². The van der Waals surface area contributed by atoms with Gasteiger partial charge in [-0.05, 0) is 56.1 Å². The molecule has 0 atom stereocenters. The fraction of sp³-hybridized carbons (Fsp3) is 0.700. The molecular weight excluding hydrogens is 410 g/mol. The minimum absolute atomic E-state index is 0.316. The number of piperidine rings is 1. The maximum atomic E-state index is 6.20. The first-order valence-electron chi connectivity index (χ1n) is 10.4. The number of nitrogens with one attached hydrogen (secondary N) is 1. The third-order valence-corrected chi connectivity index (χ3v) is 7.03. The molecule has 160 valence electrons. The summed E-state index contributed by atoms with van der Waals surface area (Å²) in [5, 5.41) is 3.97. The number of ether oxygens (including phenoxy) is 2. The molecule has 0 radical (unpaired) electrons. The molecule has 9 heteroatoms. The van der Waals surface area contributed by atoms with Gasteiger partial charge in [-0.3, -0.25) is 0 Å². The standard InChI is InChI=1S/C20H30ClN5O2S/c1-27-9-6-25-4-2-15(3-5-25)13-22-14-16-12-17-18(29-16)19(24-20(21)23-17)26-7-10-28-11-8-26/h12,15,22H,2-11,13-14H2,1H3. The summed E-state index contributed by atoms with van der Waals surface area (Å²) in [5.41, 5.74) is 0.944. The molecule has 0 aromatic carbocycles. The fourth-order valence-corrected chi connectivity index (χ4v) is 5.30. The highest BCUT2D eigenvalue weighted by atomic mass is 35.5. The lowest BCUT2D eigenvalue weighted by Crippen LogP contribution is -2.38. The van der Waals surface area contributed by atoms with E-state index in [1.165, 1.54) is 30.8 Å². The number of halogens is 1. The summed E-state index contributed by atoms with van der Waals surface area (Å²) in [6.07, 6.45) is 2.51. The third kappa shape index (κ3) is 5.57. The van der Waals surface area contributed by atoms with E-state index in [4.69, 9.17) is 21.1 Å². The molecule has 2 fully saturated rings. The fourth-order valence-electron chi connectivity index (χ4n) is 4.05. The Balaban J connectivity index is 1.32. The summed E-state index contributed by atoms with van der Waals surface area (Å²) in [6, 6.07) is 2.15. The largest absolute Gasteiger partial charge is 0.383 e. The van der Waals surface area contributed by atoms with Crippen LogP contribution in [-0.2, 0) is 16.0 Å². The average Bonchev–Trinajstić information content (AvgIpc) is 3.15. The number of nitrogens with zero attached hydrogens (tertiary/aromatic N) is 4. The summed E-state index contributed by atoms with van der Waals surface area (Å²) in [6.45, 7) is 9.31. The number of methoxy groups -OCH3 is 1. The van der Waals surface area contributed by atoms with Crippen molar-refractivity contribution in [1.29, 1.82) is 0 Å². The van der Waals surface area contributed by atoms with Crippen LogP contribution in [0.5, 0.6) is 0 Å². The van der Waals surface area contributed by atoms with Gasteiger partial charge in [0.25, 0.3) is 0 Å². The van der Waals surface area contributed by atoms with Crippen LogP contribution >= 0.6 is 22.9 Å². The van der Waals surface area contributed by atoms with Crippen molar-refractivity contribution in [3.63, 3.8) is 0 Å². The maximum Gasteiger partial charge on any atom is 0.224 e. The number of rotatable bonds is 8. The molecule has 0 amide bonds. The van der Waals surface area contributed by atoms with Gasteiger partial charge in [0.05, 0.1) is 30.0 Å². The minimum Gasteiger partial charge on any atom is -0.383 e. The number of thiophene rings is 1. The van der Waals surface area contributed by atoms with E-state index in [9.17, 15) is 0 Å². The van der Waals surface area contributed by atoms with Crippen molar-refractivity contribution in [3.8, 4) is 0 Å². The van der Waals surface area contributed by atoms with Crippen LogP contribution < -0.4 is 10.2 Å². The van der Waals surface area contributed by atoms with Gasteiger partial charge in [-0.1, -0.05) is 0 Å². The number of aromatic nitrogens is 2.